The molecule has 4 N–H and O–H groups in total. The third kappa shape index (κ3) is 2.58. The summed E-state index contributed by atoms with van der Waals surface area (Å²) in [6.45, 7) is 2.43. The Bertz CT molecular complexity index is 512. The number of amides is 1. The number of aryl methyl sites for hydroxylation is 1. The molecule has 108 valence electrons. The van der Waals surface area contributed by atoms with Crippen molar-refractivity contribution in [2.45, 2.75) is 37.8 Å². The largest absolute Gasteiger partial charge is 0.368 e. The average molecular weight is 273 g/mol. The summed E-state index contributed by atoms with van der Waals surface area (Å²) in [4.78, 5) is 14.1. The van der Waals surface area contributed by atoms with E-state index in [9.17, 15) is 4.79 Å². The minimum atomic E-state index is -0.848. The highest BCUT2D eigenvalue weighted by molar-refractivity contribution is 5.85. The van der Waals surface area contributed by atoms with E-state index in [4.69, 9.17) is 11.5 Å². The van der Waals surface area contributed by atoms with Crippen LogP contribution < -0.4 is 11.5 Å². The van der Waals surface area contributed by atoms with Gasteiger partial charge in [-0.25, -0.2) is 0 Å². The molecule has 0 radical (unpaired) electrons. The Labute approximate surface area is 120 Å². The van der Waals surface area contributed by atoms with Gasteiger partial charge in [0.2, 0.25) is 5.91 Å². The van der Waals surface area contributed by atoms with Gasteiger partial charge in [0.05, 0.1) is 0 Å². The van der Waals surface area contributed by atoms with Crippen molar-refractivity contribution < 1.29 is 4.79 Å². The number of carbonyl (C=O) groups is 1. The van der Waals surface area contributed by atoms with Gasteiger partial charge in [-0.2, -0.15) is 0 Å². The van der Waals surface area contributed by atoms with E-state index in [0.717, 1.165) is 38.8 Å². The van der Waals surface area contributed by atoms with E-state index in [1.165, 1.54) is 11.1 Å². The van der Waals surface area contributed by atoms with Crippen LogP contribution in [0.25, 0.3) is 0 Å². The first-order chi connectivity index (χ1) is 9.59. The Morgan fingerprint density at radius 3 is 2.65 bits per heavy atom. The summed E-state index contributed by atoms with van der Waals surface area (Å²) in [6.07, 6.45) is 4.27. The number of primary amides is 1. The van der Waals surface area contributed by atoms with Crippen LogP contribution in [0.2, 0.25) is 0 Å². The standard InChI is InChI=1S/C16H23N3O/c17-15(20)16(18,14-7-8-14)11-19-9-3-6-12-4-1-2-5-13(12)10-19/h1-2,4-5,14H,3,6-11,18H2,(H2,17,20). The molecule has 0 spiro atoms. The van der Waals surface area contributed by atoms with Gasteiger partial charge in [-0.05, 0) is 49.3 Å². The normalized spacial score (nSPS) is 22.6. The van der Waals surface area contributed by atoms with Crippen LogP contribution in [-0.2, 0) is 17.8 Å². The van der Waals surface area contributed by atoms with Gasteiger partial charge in [0.15, 0.2) is 0 Å². The molecule has 1 aromatic rings. The number of hydrogen-bond donors (Lipinski definition) is 2. The van der Waals surface area contributed by atoms with Crippen LogP contribution in [-0.4, -0.2) is 29.4 Å². The number of rotatable bonds is 4. The first-order valence-electron chi connectivity index (χ1n) is 7.47. The first kappa shape index (κ1) is 13.6. The summed E-state index contributed by atoms with van der Waals surface area (Å²) in [5.74, 6) is -0.0731. The second-order valence-electron chi connectivity index (χ2n) is 6.26. The molecule has 0 saturated heterocycles. The highest BCUT2D eigenvalue weighted by Gasteiger charge is 2.47. The van der Waals surface area contributed by atoms with Crippen molar-refractivity contribution >= 4 is 5.91 Å². The van der Waals surface area contributed by atoms with Crippen molar-refractivity contribution in [1.82, 2.24) is 4.90 Å². The lowest BCUT2D eigenvalue weighted by Gasteiger charge is -2.32. The second kappa shape index (κ2) is 5.19. The van der Waals surface area contributed by atoms with Gasteiger partial charge in [0.1, 0.15) is 5.54 Å². The third-order valence-electron chi connectivity index (χ3n) is 4.68. The topological polar surface area (TPSA) is 72.3 Å². The highest BCUT2D eigenvalue weighted by Crippen LogP contribution is 2.39. The van der Waals surface area contributed by atoms with E-state index < -0.39 is 5.54 Å². The Hall–Kier alpha value is -1.39. The number of nitrogens with zero attached hydrogens (tertiary/aromatic N) is 1. The van der Waals surface area contributed by atoms with Gasteiger partial charge in [0.25, 0.3) is 0 Å². The smallest absolute Gasteiger partial charge is 0.239 e. The van der Waals surface area contributed by atoms with Crippen LogP contribution >= 0.6 is 0 Å². The molecule has 1 aliphatic heterocycles. The SMILES string of the molecule is NC(=O)C(N)(CN1CCCc2ccccc2C1)C1CC1. The average Bonchev–Trinajstić information content (AvgIpc) is 3.25. The Morgan fingerprint density at radius 2 is 2.00 bits per heavy atom. The van der Waals surface area contributed by atoms with Crippen molar-refractivity contribution in [2.75, 3.05) is 13.1 Å². The summed E-state index contributed by atoms with van der Waals surface area (Å²) in [6, 6.07) is 8.54. The zero-order chi connectivity index (χ0) is 14.2. The molecule has 3 rings (SSSR count). The zero-order valence-electron chi connectivity index (χ0n) is 11.8. The van der Waals surface area contributed by atoms with Gasteiger partial charge in [-0.3, -0.25) is 9.69 Å². The quantitative estimate of drug-likeness (QED) is 0.860. The van der Waals surface area contributed by atoms with E-state index in [-0.39, 0.29) is 11.8 Å². The molecule has 2 aliphatic rings. The molecule has 1 aliphatic carbocycles. The van der Waals surface area contributed by atoms with E-state index in [1.807, 2.05) is 0 Å². The van der Waals surface area contributed by atoms with E-state index >= 15 is 0 Å². The molecule has 1 fully saturated rings. The Kier molecular flexibility index (Phi) is 3.52. The van der Waals surface area contributed by atoms with Crippen LogP contribution in [0.4, 0.5) is 0 Å². The van der Waals surface area contributed by atoms with Crippen LogP contribution in [0.1, 0.15) is 30.4 Å². The van der Waals surface area contributed by atoms with Gasteiger partial charge in [0, 0.05) is 13.1 Å². The molecule has 4 heteroatoms. The fourth-order valence-corrected chi connectivity index (χ4v) is 3.28. The van der Waals surface area contributed by atoms with Crippen molar-refractivity contribution in [3.8, 4) is 0 Å². The number of fused-ring (bicyclic) bond motifs is 1. The highest BCUT2D eigenvalue weighted by atomic mass is 16.1. The van der Waals surface area contributed by atoms with E-state index in [1.54, 1.807) is 0 Å². The molecule has 20 heavy (non-hydrogen) atoms. The third-order valence-corrected chi connectivity index (χ3v) is 4.68. The zero-order valence-corrected chi connectivity index (χ0v) is 11.8. The van der Waals surface area contributed by atoms with Gasteiger partial charge in [-0.15, -0.1) is 0 Å². The Morgan fingerprint density at radius 1 is 1.30 bits per heavy atom. The molecule has 1 amide bonds. The predicted molar refractivity (Wildman–Crippen MR) is 78.9 cm³/mol. The molecule has 0 bridgehead atoms. The Balaban J connectivity index is 1.76. The van der Waals surface area contributed by atoms with Crippen molar-refractivity contribution in [1.29, 1.82) is 0 Å². The van der Waals surface area contributed by atoms with Crippen LogP contribution in [0.3, 0.4) is 0 Å². The molecule has 1 atom stereocenters. The fourth-order valence-electron chi connectivity index (χ4n) is 3.28. The maximum absolute atomic E-state index is 11.8. The van der Waals surface area contributed by atoms with Crippen LogP contribution in [0.15, 0.2) is 24.3 Å². The molecule has 4 nitrogen and oxygen atoms in total. The first-order valence-corrected chi connectivity index (χ1v) is 7.47. The molecular formula is C16H23N3O. The number of benzene rings is 1. The lowest BCUT2D eigenvalue weighted by Crippen LogP contribution is -2.60. The summed E-state index contributed by atoms with van der Waals surface area (Å²) < 4.78 is 0. The van der Waals surface area contributed by atoms with Crippen molar-refractivity contribution in [2.24, 2.45) is 17.4 Å². The molecule has 1 saturated carbocycles. The summed E-state index contributed by atoms with van der Waals surface area (Å²) in [5.41, 5.74) is 13.8. The maximum atomic E-state index is 11.8. The summed E-state index contributed by atoms with van der Waals surface area (Å²) in [7, 11) is 0. The summed E-state index contributed by atoms with van der Waals surface area (Å²) >= 11 is 0. The molecule has 0 aromatic heterocycles. The number of hydrogen-bond acceptors (Lipinski definition) is 3. The molecule has 1 heterocycles. The van der Waals surface area contributed by atoms with Crippen molar-refractivity contribution in [3.05, 3.63) is 35.4 Å². The lowest BCUT2D eigenvalue weighted by atomic mass is 9.92. The van der Waals surface area contributed by atoms with Gasteiger partial charge in [-0.1, -0.05) is 24.3 Å². The van der Waals surface area contributed by atoms with Crippen molar-refractivity contribution in [3.63, 3.8) is 0 Å². The molecule has 1 unspecified atom stereocenters. The lowest BCUT2D eigenvalue weighted by molar-refractivity contribution is -0.124. The molecular weight excluding hydrogens is 250 g/mol. The molecule has 1 aromatic carbocycles. The van der Waals surface area contributed by atoms with Gasteiger partial charge >= 0.3 is 0 Å². The van der Waals surface area contributed by atoms with Crippen LogP contribution in [0.5, 0.6) is 0 Å². The maximum Gasteiger partial charge on any atom is 0.239 e. The van der Waals surface area contributed by atoms with E-state index in [2.05, 4.69) is 29.2 Å². The fraction of sp³-hybridized carbons (Fsp3) is 0.562. The minimum absolute atomic E-state index is 0.276. The minimum Gasteiger partial charge on any atom is -0.368 e. The monoisotopic (exact) mass is 273 g/mol. The number of nitrogens with two attached hydrogens (primary N) is 2. The van der Waals surface area contributed by atoms with Crippen LogP contribution in [0, 0.1) is 5.92 Å². The van der Waals surface area contributed by atoms with E-state index in [0.29, 0.717) is 6.54 Å². The summed E-state index contributed by atoms with van der Waals surface area (Å²) in [5, 5.41) is 0. The second-order valence-corrected chi connectivity index (χ2v) is 6.26. The van der Waals surface area contributed by atoms with Gasteiger partial charge < -0.3 is 11.5 Å². The predicted octanol–water partition coefficient (Wildman–Crippen LogP) is 1.03. The number of carbonyl (C=O) groups excluding carboxylic acids is 1.